The smallest absolute Gasteiger partial charge is 0.255 e. The van der Waals surface area contributed by atoms with Crippen molar-refractivity contribution in [1.82, 2.24) is 10.2 Å². The summed E-state index contributed by atoms with van der Waals surface area (Å²) < 4.78 is 26.7. The van der Waals surface area contributed by atoms with Gasteiger partial charge in [-0.3, -0.25) is 4.79 Å². The van der Waals surface area contributed by atoms with Crippen LogP contribution >= 0.6 is 15.9 Å². The lowest BCUT2D eigenvalue weighted by Crippen LogP contribution is -2.41. The van der Waals surface area contributed by atoms with Gasteiger partial charge in [-0.05, 0) is 59.9 Å². The maximum absolute atomic E-state index is 13.3. The first-order valence-corrected chi connectivity index (χ1v) is 7.96. The zero-order valence-electron chi connectivity index (χ0n) is 12.0. The van der Waals surface area contributed by atoms with E-state index in [0.717, 1.165) is 38.1 Å². The van der Waals surface area contributed by atoms with E-state index in [0.29, 0.717) is 23.5 Å². The van der Waals surface area contributed by atoms with E-state index >= 15 is 0 Å². The number of rotatable bonds is 4. The van der Waals surface area contributed by atoms with Crippen molar-refractivity contribution in [3.05, 3.63) is 33.8 Å². The Kier molecular flexibility index (Phi) is 5.70. The molecule has 1 saturated heterocycles. The van der Waals surface area contributed by atoms with E-state index in [9.17, 15) is 13.6 Å². The number of nitrogens with zero attached hydrogens (tertiary/aromatic N) is 1. The average molecular weight is 361 g/mol. The van der Waals surface area contributed by atoms with Crippen LogP contribution in [0.25, 0.3) is 0 Å². The van der Waals surface area contributed by atoms with Crippen LogP contribution in [0.5, 0.6) is 0 Å². The van der Waals surface area contributed by atoms with Gasteiger partial charge >= 0.3 is 0 Å². The minimum Gasteiger partial charge on any atom is -0.339 e. The lowest BCUT2D eigenvalue weighted by molar-refractivity contribution is 0.0688. The molecule has 0 unspecified atom stereocenters. The SMILES string of the molecule is CCNCC1CCN(C(=O)c2cc(F)c(F)cc2Br)CC1. The summed E-state index contributed by atoms with van der Waals surface area (Å²) in [5, 5.41) is 3.31. The third kappa shape index (κ3) is 4.01. The van der Waals surface area contributed by atoms with Crippen molar-refractivity contribution >= 4 is 21.8 Å². The number of hydrogen-bond acceptors (Lipinski definition) is 2. The highest BCUT2D eigenvalue weighted by Gasteiger charge is 2.25. The normalized spacial score (nSPS) is 16.3. The Bertz CT molecular complexity index is 517. The maximum Gasteiger partial charge on any atom is 0.255 e. The largest absolute Gasteiger partial charge is 0.339 e. The molecule has 2 rings (SSSR count). The number of benzene rings is 1. The molecule has 6 heteroatoms. The Balaban J connectivity index is 2.00. The van der Waals surface area contributed by atoms with Crippen LogP contribution in [0.2, 0.25) is 0 Å². The molecule has 1 aromatic carbocycles. The van der Waals surface area contributed by atoms with Crippen LogP contribution in [0, 0.1) is 17.6 Å². The first-order valence-electron chi connectivity index (χ1n) is 7.17. The number of amides is 1. The monoisotopic (exact) mass is 360 g/mol. The molecule has 0 bridgehead atoms. The summed E-state index contributed by atoms with van der Waals surface area (Å²) in [5.41, 5.74) is 0.180. The summed E-state index contributed by atoms with van der Waals surface area (Å²) in [4.78, 5) is 14.1. The van der Waals surface area contributed by atoms with Crippen molar-refractivity contribution < 1.29 is 13.6 Å². The number of halogens is 3. The standard InChI is InChI=1S/C15H19BrF2N2O/c1-2-19-9-10-3-5-20(6-4-10)15(21)11-7-13(17)14(18)8-12(11)16/h7-8,10,19H,2-6,9H2,1H3. The first-order chi connectivity index (χ1) is 10.0. The molecule has 0 spiro atoms. The van der Waals surface area contributed by atoms with Crippen LogP contribution in [-0.2, 0) is 0 Å². The lowest BCUT2D eigenvalue weighted by Gasteiger charge is -2.32. The van der Waals surface area contributed by atoms with E-state index < -0.39 is 11.6 Å². The van der Waals surface area contributed by atoms with E-state index in [-0.39, 0.29) is 11.5 Å². The third-order valence-corrected chi connectivity index (χ3v) is 4.48. The van der Waals surface area contributed by atoms with Crippen molar-refractivity contribution in [3.63, 3.8) is 0 Å². The topological polar surface area (TPSA) is 32.3 Å². The molecule has 1 aromatic rings. The highest BCUT2D eigenvalue weighted by atomic mass is 79.9. The summed E-state index contributed by atoms with van der Waals surface area (Å²) in [6, 6.07) is 1.97. The molecule has 0 atom stereocenters. The van der Waals surface area contributed by atoms with Crippen molar-refractivity contribution in [2.75, 3.05) is 26.2 Å². The van der Waals surface area contributed by atoms with Crippen LogP contribution in [-0.4, -0.2) is 37.0 Å². The first kappa shape index (κ1) is 16.4. The number of carbonyl (C=O) groups is 1. The highest BCUT2D eigenvalue weighted by molar-refractivity contribution is 9.10. The summed E-state index contributed by atoms with van der Waals surface area (Å²) in [6.07, 6.45) is 1.86. The number of likely N-dealkylation sites (tertiary alicyclic amines) is 1. The van der Waals surface area contributed by atoms with Gasteiger partial charge in [0.25, 0.3) is 5.91 Å². The quantitative estimate of drug-likeness (QED) is 0.836. The molecule has 116 valence electrons. The van der Waals surface area contributed by atoms with Crippen LogP contribution in [0.4, 0.5) is 8.78 Å². The van der Waals surface area contributed by atoms with E-state index in [2.05, 4.69) is 28.2 Å². The Labute approximate surface area is 131 Å². The van der Waals surface area contributed by atoms with Crippen molar-refractivity contribution in [2.24, 2.45) is 5.92 Å². The Hall–Kier alpha value is -1.01. The fourth-order valence-corrected chi connectivity index (χ4v) is 3.03. The Morgan fingerprint density at radius 1 is 1.33 bits per heavy atom. The lowest BCUT2D eigenvalue weighted by atomic mass is 9.96. The van der Waals surface area contributed by atoms with Gasteiger partial charge in [0, 0.05) is 17.6 Å². The maximum atomic E-state index is 13.3. The minimum absolute atomic E-state index is 0.180. The van der Waals surface area contributed by atoms with E-state index in [1.54, 1.807) is 4.90 Å². The summed E-state index contributed by atoms with van der Waals surface area (Å²) >= 11 is 3.13. The van der Waals surface area contributed by atoms with E-state index in [1.165, 1.54) is 0 Å². The number of hydrogen-bond donors (Lipinski definition) is 1. The van der Waals surface area contributed by atoms with Crippen LogP contribution in [0.15, 0.2) is 16.6 Å². The molecule has 0 aromatic heterocycles. The molecular weight excluding hydrogens is 342 g/mol. The number of carbonyl (C=O) groups excluding carboxylic acids is 1. The average Bonchev–Trinajstić information content (AvgIpc) is 2.48. The summed E-state index contributed by atoms with van der Waals surface area (Å²) in [6.45, 7) is 5.29. The molecule has 1 aliphatic rings. The molecule has 1 heterocycles. The van der Waals surface area contributed by atoms with Crippen LogP contribution in [0.3, 0.4) is 0 Å². The van der Waals surface area contributed by atoms with Gasteiger partial charge in [-0.15, -0.1) is 0 Å². The second kappa shape index (κ2) is 7.31. The van der Waals surface area contributed by atoms with Crippen LogP contribution < -0.4 is 5.32 Å². The van der Waals surface area contributed by atoms with Gasteiger partial charge in [0.15, 0.2) is 11.6 Å². The molecule has 21 heavy (non-hydrogen) atoms. The zero-order chi connectivity index (χ0) is 15.4. The van der Waals surface area contributed by atoms with Gasteiger partial charge in [0.05, 0.1) is 5.56 Å². The predicted molar refractivity (Wildman–Crippen MR) is 81.2 cm³/mol. The van der Waals surface area contributed by atoms with Gasteiger partial charge in [-0.2, -0.15) is 0 Å². The highest BCUT2D eigenvalue weighted by Crippen LogP contribution is 2.24. The molecule has 1 N–H and O–H groups in total. The van der Waals surface area contributed by atoms with Gasteiger partial charge in [0.1, 0.15) is 0 Å². The summed E-state index contributed by atoms with van der Waals surface area (Å²) in [5.74, 6) is -1.63. The minimum atomic E-state index is -0.997. The molecule has 0 aliphatic carbocycles. The second-order valence-electron chi connectivity index (χ2n) is 5.29. The fraction of sp³-hybridized carbons (Fsp3) is 0.533. The molecule has 3 nitrogen and oxygen atoms in total. The van der Waals surface area contributed by atoms with Crippen LogP contribution in [0.1, 0.15) is 30.1 Å². The van der Waals surface area contributed by atoms with Gasteiger partial charge in [-0.25, -0.2) is 8.78 Å². The summed E-state index contributed by atoms with van der Waals surface area (Å²) in [7, 11) is 0. The van der Waals surface area contributed by atoms with Gasteiger partial charge in [-0.1, -0.05) is 6.92 Å². The third-order valence-electron chi connectivity index (χ3n) is 3.83. The molecule has 1 fully saturated rings. The number of nitrogens with one attached hydrogen (secondary N) is 1. The van der Waals surface area contributed by atoms with Gasteiger partial charge in [0.2, 0.25) is 0 Å². The molecule has 0 saturated carbocycles. The van der Waals surface area contributed by atoms with Crippen molar-refractivity contribution in [2.45, 2.75) is 19.8 Å². The molecule has 1 aliphatic heterocycles. The predicted octanol–water partition coefficient (Wildman–Crippen LogP) is 3.19. The van der Waals surface area contributed by atoms with E-state index in [4.69, 9.17) is 0 Å². The Morgan fingerprint density at radius 2 is 1.95 bits per heavy atom. The van der Waals surface area contributed by atoms with E-state index in [1.807, 2.05) is 0 Å². The zero-order valence-corrected chi connectivity index (χ0v) is 13.6. The fourth-order valence-electron chi connectivity index (χ4n) is 2.55. The van der Waals surface area contributed by atoms with Crippen molar-refractivity contribution in [1.29, 1.82) is 0 Å². The molecule has 1 amide bonds. The molecule has 0 radical (unpaired) electrons. The second-order valence-corrected chi connectivity index (χ2v) is 6.14. The Morgan fingerprint density at radius 3 is 2.57 bits per heavy atom. The number of piperidine rings is 1. The van der Waals surface area contributed by atoms with Gasteiger partial charge < -0.3 is 10.2 Å². The molecular formula is C15H19BrF2N2O. The van der Waals surface area contributed by atoms with Crippen molar-refractivity contribution in [3.8, 4) is 0 Å².